The molecule has 0 amide bonds. The number of pyridine rings is 1. The average molecular weight is 888 g/mol. The van der Waals surface area contributed by atoms with Crippen LogP contribution in [0.2, 0.25) is 0 Å². The molecular formula is C58H48N6Si. The van der Waals surface area contributed by atoms with Crippen molar-refractivity contribution < 1.29 is 42.5 Å². The first-order chi connectivity index (χ1) is 44.9. The van der Waals surface area contributed by atoms with E-state index in [0.717, 1.165) is 4.57 Å². The van der Waals surface area contributed by atoms with Crippen LogP contribution in [0.5, 0.6) is 0 Å². The smallest absolute Gasteiger partial charge is 0.235 e. The summed E-state index contributed by atoms with van der Waals surface area (Å²) in [7, 11) is -6.47. The molecule has 1 fully saturated rings. The van der Waals surface area contributed by atoms with E-state index in [4.69, 9.17) is 40.5 Å². The molecule has 12 rings (SSSR count). The minimum absolute atomic E-state index is 0.220. The van der Waals surface area contributed by atoms with Crippen molar-refractivity contribution in [3.8, 4) is 28.5 Å². The summed E-state index contributed by atoms with van der Waals surface area (Å²) in [6.45, 7) is 3.83. The maximum Gasteiger partial charge on any atom is 0.235 e. The van der Waals surface area contributed by atoms with Crippen LogP contribution in [0.1, 0.15) is 87.6 Å². The van der Waals surface area contributed by atoms with Crippen LogP contribution >= 0.6 is 0 Å². The van der Waals surface area contributed by atoms with Gasteiger partial charge in [-0.25, -0.2) is 9.97 Å². The Kier molecular flexibility index (Phi) is 4.38. The van der Waals surface area contributed by atoms with Gasteiger partial charge in [-0.15, -0.1) is 0 Å². The molecule has 6 nitrogen and oxygen atoms in total. The summed E-state index contributed by atoms with van der Waals surface area (Å²) in [6.07, 6.45) is 3.66. The quantitative estimate of drug-likeness (QED) is 0.112. The van der Waals surface area contributed by atoms with Crippen molar-refractivity contribution in [1.82, 2.24) is 24.5 Å². The van der Waals surface area contributed by atoms with Gasteiger partial charge in [-0.1, -0.05) is 189 Å². The van der Waals surface area contributed by atoms with Gasteiger partial charge in [0.1, 0.15) is 5.82 Å². The van der Waals surface area contributed by atoms with Gasteiger partial charge in [-0.3, -0.25) is 4.90 Å². The van der Waals surface area contributed by atoms with Gasteiger partial charge in [-0.05, 0) is 70.7 Å². The fourth-order valence-corrected chi connectivity index (χ4v) is 13.0. The van der Waals surface area contributed by atoms with E-state index in [1.54, 1.807) is 11.0 Å². The number of anilines is 2. The Morgan fingerprint density at radius 2 is 1.06 bits per heavy atom. The molecule has 2 aliphatic rings. The van der Waals surface area contributed by atoms with E-state index >= 15 is 0 Å². The van der Waals surface area contributed by atoms with Crippen molar-refractivity contribution in [1.29, 1.82) is 0 Å². The molecule has 0 spiro atoms. The second-order valence-corrected chi connectivity index (χ2v) is 19.3. The fourth-order valence-electron chi connectivity index (χ4n) is 9.43. The largest absolute Gasteiger partial charge is 0.309 e. The predicted molar refractivity (Wildman–Crippen MR) is 269 cm³/mol. The molecule has 7 heteroatoms. The highest BCUT2D eigenvalue weighted by molar-refractivity contribution is 7.19. The summed E-state index contributed by atoms with van der Waals surface area (Å²) in [4.78, 5) is 20.9. The van der Waals surface area contributed by atoms with E-state index in [-0.39, 0.29) is 5.82 Å². The molecule has 3 aromatic heterocycles. The van der Waals surface area contributed by atoms with Crippen LogP contribution in [0, 0.1) is 0 Å². The maximum absolute atomic E-state index is 10.7. The first-order valence-electron chi connectivity index (χ1n) is 35.8. The Morgan fingerprint density at radius 1 is 0.538 bits per heavy atom. The Balaban J connectivity index is 1.32. The van der Waals surface area contributed by atoms with Gasteiger partial charge >= 0.3 is 0 Å². The van der Waals surface area contributed by atoms with Crippen LogP contribution in [0.3, 0.4) is 0 Å². The Hall–Kier alpha value is -7.48. The van der Waals surface area contributed by atoms with E-state index in [2.05, 4.69) is 0 Å². The molecule has 65 heavy (non-hydrogen) atoms. The highest BCUT2D eigenvalue weighted by Gasteiger charge is 2.59. The van der Waals surface area contributed by atoms with E-state index in [9.17, 15) is 21.9 Å². The second kappa shape index (κ2) is 15.4. The van der Waals surface area contributed by atoms with Gasteiger partial charge in [0, 0.05) is 44.8 Å². The number of fused-ring (bicyclic) bond motifs is 6. The van der Waals surface area contributed by atoms with Crippen molar-refractivity contribution in [3.05, 3.63) is 211 Å². The van der Waals surface area contributed by atoms with Gasteiger partial charge in [0.2, 0.25) is 5.95 Å². The first kappa shape index (κ1) is 18.6. The molecule has 1 saturated carbocycles. The summed E-state index contributed by atoms with van der Waals surface area (Å²) in [5.41, 5.74) is -5.12. The van der Waals surface area contributed by atoms with Crippen LogP contribution in [0.4, 0.5) is 11.8 Å². The molecule has 7 aromatic carbocycles. The average Bonchev–Trinajstić information content (AvgIpc) is 0.875. The van der Waals surface area contributed by atoms with Crippen LogP contribution in [-0.4, -0.2) is 38.1 Å². The predicted octanol–water partition coefficient (Wildman–Crippen LogP) is 10.8. The monoisotopic (exact) mass is 888 g/mol. The van der Waals surface area contributed by atoms with Gasteiger partial charge in [0.15, 0.2) is 19.7 Å². The molecule has 0 radical (unpaired) electrons. The lowest BCUT2D eigenvalue weighted by atomic mass is 9.62. The lowest BCUT2D eigenvalue weighted by Crippen LogP contribution is -2.74. The zero-order valence-electron chi connectivity index (χ0n) is 65.2. The standard InChI is InChI=1S/C58H48N6Si/c1-57-36-16-17-37-58(57,2)64(55-50(57)33-20-38-59-55)56-61-53(41-21-18-23-43(39-41)63-51-34-14-12-31-48(51)49-32-13-15-35-52(49)63)60-54(62-56)42-22-19-30-47(40-42)65(44-24-6-3-7-25-44,45-26-8-4-9-27-45)46-28-10-5-11-29-46/h3-15,18-35,38-40H,16-17,36-37H2,1-2H3/i3D,4D,5D,6D,7D,8D,9D,10D,11D,12D,13D,14D,15D,18D,19D,21D,22D,23D,24D,25D,26D,27D,28D,29D,30D,31D,32D,34D,35D,39D,40D. The van der Waals surface area contributed by atoms with Crippen molar-refractivity contribution in [2.45, 2.75) is 50.5 Å². The van der Waals surface area contributed by atoms with Crippen molar-refractivity contribution in [3.63, 3.8) is 0 Å². The SMILES string of the molecule is [2H]c1c([2H])c([2H])c([Si](c2c([2H])c([2H])c([2H])c([2H])c2[2H])(c2c([2H])c([2H])c([2H])c([2H])c2[2H])c2c([2H])c([2H])c([2H])c(-c3nc(-c4c([2H])c([2H])c([2H])c(-n5c6c([2H])c([2H])c([2H])c([2H])c6c6c([2H])c([2H])c([2H])c([2H])c65)c4[2H])nc(N4c5ncccc5C5(C)CCCCC45C)n3)c2[2H])c([2H])c1[2H]. The van der Waals surface area contributed by atoms with Crippen LogP contribution < -0.4 is 25.6 Å². The number of benzene rings is 7. The molecule has 1 aliphatic carbocycles. The first-order valence-corrected chi connectivity index (χ1v) is 22.3. The van der Waals surface area contributed by atoms with Gasteiger partial charge in [-0.2, -0.15) is 9.97 Å². The molecule has 10 aromatic rings. The maximum atomic E-state index is 10.7. The normalized spacial score (nSPS) is 24.8. The number of hydrogen-bond acceptors (Lipinski definition) is 5. The van der Waals surface area contributed by atoms with Gasteiger partial charge in [0.05, 0.1) is 59.1 Å². The van der Waals surface area contributed by atoms with E-state index < -0.39 is 283 Å². The number of hydrogen-bond donors (Lipinski definition) is 0. The Morgan fingerprint density at radius 3 is 1.68 bits per heavy atom. The molecule has 314 valence electrons. The summed E-state index contributed by atoms with van der Waals surface area (Å²) in [5.74, 6) is -2.03. The van der Waals surface area contributed by atoms with Crippen molar-refractivity contribution in [2.75, 3.05) is 4.90 Å². The topological polar surface area (TPSA) is 59.7 Å². The molecular weight excluding hydrogens is 809 g/mol. The molecule has 2 atom stereocenters. The highest BCUT2D eigenvalue weighted by atomic mass is 28.3. The number of nitrogens with zero attached hydrogens (tertiary/aromatic N) is 6. The summed E-state index contributed by atoms with van der Waals surface area (Å²) >= 11 is 0. The van der Waals surface area contributed by atoms with E-state index in [1.165, 1.54) is 6.20 Å². The third-order valence-electron chi connectivity index (χ3n) is 12.6. The van der Waals surface area contributed by atoms with Crippen molar-refractivity contribution in [2.24, 2.45) is 0 Å². The third-order valence-corrected chi connectivity index (χ3v) is 16.6. The zero-order valence-corrected chi connectivity index (χ0v) is 35.2. The van der Waals surface area contributed by atoms with E-state index in [1.807, 2.05) is 19.9 Å². The zero-order chi connectivity index (χ0) is 70.6. The van der Waals surface area contributed by atoms with E-state index in [0.29, 0.717) is 31.2 Å². The Bertz CT molecular complexity index is 4900. The van der Waals surface area contributed by atoms with Crippen LogP contribution in [0.25, 0.3) is 50.3 Å². The van der Waals surface area contributed by atoms with Crippen LogP contribution in [-0.2, 0) is 5.41 Å². The lowest BCUT2D eigenvalue weighted by molar-refractivity contribution is 0.193. The molecule has 0 saturated heterocycles. The molecule has 4 heterocycles. The minimum atomic E-state index is -6.47. The lowest BCUT2D eigenvalue weighted by Gasteiger charge is -2.49. The van der Waals surface area contributed by atoms with Crippen molar-refractivity contribution >= 4 is 62.4 Å². The summed E-state index contributed by atoms with van der Waals surface area (Å²) in [5, 5.41) is -5.56. The Labute approximate surface area is 424 Å². The number of para-hydroxylation sites is 2. The van der Waals surface area contributed by atoms with Gasteiger partial charge in [0.25, 0.3) is 0 Å². The minimum Gasteiger partial charge on any atom is -0.309 e. The highest BCUT2D eigenvalue weighted by Crippen LogP contribution is 2.59. The molecule has 0 N–H and O–H groups in total. The second-order valence-electron chi connectivity index (χ2n) is 15.8. The number of rotatable bonds is 8. The molecule has 1 aliphatic heterocycles. The molecule has 0 bridgehead atoms. The fraction of sp³-hybridized carbons (Fsp3) is 0.138. The van der Waals surface area contributed by atoms with Crippen LogP contribution in [0.15, 0.2) is 206 Å². The summed E-state index contributed by atoms with van der Waals surface area (Å²) in [6, 6.07) is -30.4. The van der Waals surface area contributed by atoms with Gasteiger partial charge < -0.3 is 4.57 Å². The molecule has 2 unspecified atom stereocenters. The summed E-state index contributed by atoms with van der Waals surface area (Å²) < 4.78 is 290. The third kappa shape index (κ3) is 5.99. The number of aromatic nitrogens is 5.